The van der Waals surface area contributed by atoms with E-state index in [4.69, 9.17) is 15.7 Å². The number of ether oxygens (including phenoxy) is 1. The Morgan fingerprint density at radius 1 is 1.33 bits per heavy atom. The van der Waals surface area contributed by atoms with Crippen molar-refractivity contribution in [2.24, 2.45) is 5.73 Å². The largest absolute Gasteiger partial charge is 0.489 e. The molecule has 2 aromatic carbocycles. The van der Waals surface area contributed by atoms with E-state index in [0.717, 1.165) is 15.6 Å². The van der Waals surface area contributed by atoms with Crippen molar-refractivity contribution >= 4 is 15.9 Å². The Balaban J connectivity index is 2.20. The molecule has 0 bridgehead atoms. The van der Waals surface area contributed by atoms with E-state index in [9.17, 15) is 4.39 Å². The summed E-state index contributed by atoms with van der Waals surface area (Å²) in [5, 5.41) is 8.83. The molecule has 0 aliphatic carbocycles. The summed E-state index contributed by atoms with van der Waals surface area (Å²) in [6.45, 7) is 2.12. The van der Waals surface area contributed by atoms with Crippen LogP contribution in [0.25, 0.3) is 0 Å². The van der Waals surface area contributed by atoms with Crippen molar-refractivity contribution < 1.29 is 9.13 Å². The summed E-state index contributed by atoms with van der Waals surface area (Å²) in [4.78, 5) is 0. The molecular formula is C16H14BrFN2O. The Morgan fingerprint density at radius 2 is 2.10 bits per heavy atom. The summed E-state index contributed by atoms with van der Waals surface area (Å²) in [6.07, 6.45) is 0. The highest BCUT2D eigenvalue weighted by Gasteiger charge is 2.10. The van der Waals surface area contributed by atoms with E-state index in [1.807, 2.05) is 31.2 Å². The maximum atomic E-state index is 13.3. The quantitative estimate of drug-likeness (QED) is 0.906. The van der Waals surface area contributed by atoms with Gasteiger partial charge in [0.25, 0.3) is 0 Å². The van der Waals surface area contributed by atoms with Crippen LogP contribution >= 0.6 is 15.9 Å². The van der Waals surface area contributed by atoms with Gasteiger partial charge < -0.3 is 10.5 Å². The molecule has 0 fully saturated rings. The lowest BCUT2D eigenvalue weighted by Gasteiger charge is -2.14. The van der Waals surface area contributed by atoms with Gasteiger partial charge in [0.1, 0.15) is 24.2 Å². The molecule has 0 unspecified atom stereocenters. The number of halogens is 2. The summed E-state index contributed by atoms with van der Waals surface area (Å²) in [6, 6.07) is 11.6. The molecule has 1 atom stereocenters. The summed E-state index contributed by atoms with van der Waals surface area (Å²) in [5.74, 6) is 0.141. The van der Waals surface area contributed by atoms with Crippen molar-refractivity contribution in [2.75, 3.05) is 0 Å². The van der Waals surface area contributed by atoms with Crippen LogP contribution in [0.2, 0.25) is 0 Å². The Kier molecular flexibility index (Phi) is 4.94. The Hall–Kier alpha value is -1.90. The molecule has 0 spiro atoms. The lowest BCUT2D eigenvalue weighted by molar-refractivity contribution is 0.301. The molecule has 21 heavy (non-hydrogen) atoms. The zero-order valence-electron chi connectivity index (χ0n) is 11.4. The Morgan fingerprint density at radius 3 is 2.76 bits per heavy atom. The number of nitrogens with zero attached hydrogens (tertiary/aromatic N) is 1. The van der Waals surface area contributed by atoms with Gasteiger partial charge in [0, 0.05) is 16.1 Å². The van der Waals surface area contributed by atoms with Crippen LogP contribution in [-0.4, -0.2) is 0 Å². The van der Waals surface area contributed by atoms with Crippen LogP contribution in [0.15, 0.2) is 40.9 Å². The molecule has 5 heteroatoms. The fourth-order valence-corrected chi connectivity index (χ4v) is 2.26. The van der Waals surface area contributed by atoms with E-state index in [2.05, 4.69) is 15.9 Å². The third-order valence-corrected chi connectivity index (χ3v) is 3.50. The highest BCUT2D eigenvalue weighted by Crippen LogP contribution is 2.28. The van der Waals surface area contributed by atoms with Gasteiger partial charge in [0.2, 0.25) is 0 Å². The van der Waals surface area contributed by atoms with Crippen molar-refractivity contribution in [1.82, 2.24) is 0 Å². The summed E-state index contributed by atoms with van der Waals surface area (Å²) in [7, 11) is 0. The average Bonchev–Trinajstić information content (AvgIpc) is 2.46. The van der Waals surface area contributed by atoms with Crippen molar-refractivity contribution in [3.63, 3.8) is 0 Å². The molecule has 2 N–H and O–H groups in total. The fourth-order valence-electron chi connectivity index (χ4n) is 1.92. The molecular weight excluding hydrogens is 335 g/mol. The number of benzene rings is 2. The second-order valence-electron chi connectivity index (χ2n) is 4.69. The molecule has 0 saturated heterocycles. The minimum absolute atomic E-state index is 0.0118. The van der Waals surface area contributed by atoms with Gasteiger partial charge in [-0.2, -0.15) is 5.26 Å². The third-order valence-electron chi connectivity index (χ3n) is 3.01. The molecule has 0 amide bonds. The second-order valence-corrected chi connectivity index (χ2v) is 5.60. The van der Waals surface area contributed by atoms with Gasteiger partial charge >= 0.3 is 0 Å². The van der Waals surface area contributed by atoms with E-state index >= 15 is 0 Å². The normalized spacial score (nSPS) is 11.8. The number of hydrogen-bond acceptors (Lipinski definition) is 3. The fraction of sp³-hybridized carbons (Fsp3) is 0.188. The Labute approximate surface area is 131 Å². The SMILES string of the molecule is C[C@H](N)c1ccc(Br)cc1OCc1ccc(F)c(C#N)c1. The van der Waals surface area contributed by atoms with Crippen LogP contribution in [0.1, 0.15) is 29.7 Å². The highest BCUT2D eigenvalue weighted by atomic mass is 79.9. The van der Waals surface area contributed by atoms with Crippen molar-refractivity contribution in [3.8, 4) is 11.8 Å². The number of nitriles is 1. The summed E-state index contributed by atoms with van der Waals surface area (Å²) in [5.41, 5.74) is 7.54. The van der Waals surface area contributed by atoms with Gasteiger partial charge in [-0.3, -0.25) is 0 Å². The third kappa shape index (κ3) is 3.81. The predicted molar refractivity (Wildman–Crippen MR) is 82.2 cm³/mol. The van der Waals surface area contributed by atoms with E-state index in [1.54, 1.807) is 6.07 Å². The van der Waals surface area contributed by atoms with E-state index in [-0.39, 0.29) is 18.2 Å². The first-order valence-corrected chi connectivity index (χ1v) is 7.17. The lowest BCUT2D eigenvalue weighted by Crippen LogP contribution is -2.08. The molecule has 3 nitrogen and oxygen atoms in total. The van der Waals surface area contributed by atoms with Gasteiger partial charge in [0.15, 0.2) is 0 Å². The number of nitrogens with two attached hydrogens (primary N) is 1. The Bertz CT molecular complexity index is 695. The smallest absolute Gasteiger partial charge is 0.140 e. The van der Waals surface area contributed by atoms with Crippen LogP contribution in [0.3, 0.4) is 0 Å². The van der Waals surface area contributed by atoms with Gasteiger partial charge in [-0.1, -0.05) is 28.1 Å². The molecule has 0 radical (unpaired) electrons. The van der Waals surface area contributed by atoms with Gasteiger partial charge in [-0.15, -0.1) is 0 Å². The van der Waals surface area contributed by atoms with Crippen LogP contribution in [0, 0.1) is 17.1 Å². The standard InChI is InChI=1S/C16H14BrFN2O/c1-10(20)14-4-3-13(17)7-16(14)21-9-11-2-5-15(18)12(6-11)8-19/h2-7,10H,9,20H2,1H3/t10-/m0/s1. The van der Waals surface area contributed by atoms with Crippen LogP contribution in [-0.2, 0) is 6.61 Å². The molecule has 108 valence electrons. The minimum atomic E-state index is -0.528. The molecule has 2 rings (SSSR count). The van der Waals surface area contributed by atoms with Crippen LogP contribution in [0.5, 0.6) is 5.75 Å². The molecule has 0 heterocycles. The van der Waals surface area contributed by atoms with Crippen molar-refractivity contribution in [2.45, 2.75) is 19.6 Å². The maximum Gasteiger partial charge on any atom is 0.140 e. The van der Waals surface area contributed by atoms with E-state index in [0.29, 0.717) is 5.75 Å². The monoisotopic (exact) mass is 348 g/mol. The number of rotatable bonds is 4. The first-order chi connectivity index (χ1) is 10.0. The molecule has 2 aromatic rings. The zero-order valence-corrected chi connectivity index (χ0v) is 13.0. The highest BCUT2D eigenvalue weighted by molar-refractivity contribution is 9.10. The lowest BCUT2D eigenvalue weighted by atomic mass is 10.1. The maximum absolute atomic E-state index is 13.3. The predicted octanol–water partition coefficient (Wildman–Crippen LogP) is 4.06. The van der Waals surface area contributed by atoms with Gasteiger partial charge in [-0.05, 0) is 36.8 Å². The molecule has 0 aromatic heterocycles. The van der Waals surface area contributed by atoms with Crippen molar-refractivity contribution in [1.29, 1.82) is 5.26 Å². The summed E-state index contributed by atoms with van der Waals surface area (Å²) >= 11 is 3.39. The minimum Gasteiger partial charge on any atom is -0.489 e. The van der Waals surface area contributed by atoms with Crippen LogP contribution < -0.4 is 10.5 Å². The van der Waals surface area contributed by atoms with Gasteiger partial charge in [0.05, 0.1) is 5.56 Å². The molecule has 0 saturated carbocycles. The number of hydrogen-bond donors (Lipinski definition) is 1. The van der Waals surface area contributed by atoms with Crippen molar-refractivity contribution in [3.05, 3.63) is 63.4 Å². The van der Waals surface area contributed by atoms with E-state index in [1.165, 1.54) is 12.1 Å². The van der Waals surface area contributed by atoms with Gasteiger partial charge in [-0.25, -0.2) is 4.39 Å². The molecule has 0 aliphatic rings. The zero-order chi connectivity index (χ0) is 15.4. The second kappa shape index (κ2) is 6.70. The van der Waals surface area contributed by atoms with Crippen LogP contribution in [0.4, 0.5) is 4.39 Å². The topological polar surface area (TPSA) is 59.0 Å². The average molecular weight is 349 g/mol. The first kappa shape index (κ1) is 15.5. The van der Waals surface area contributed by atoms with E-state index < -0.39 is 5.82 Å². The first-order valence-electron chi connectivity index (χ1n) is 6.37. The molecule has 0 aliphatic heterocycles. The summed E-state index contributed by atoms with van der Waals surface area (Å²) < 4.78 is 19.9.